The van der Waals surface area contributed by atoms with Gasteiger partial charge in [-0.1, -0.05) is 27.7 Å². The van der Waals surface area contributed by atoms with Crippen LogP contribution in [0.5, 0.6) is 0 Å². The molecule has 0 aromatic carbocycles. The molecular weight excluding hydrogens is 188 g/mol. The third-order valence-corrected chi connectivity index (χ3v) is 2.82. The molecule has 0 aromatic heterocycles. The van der Waals surface area contributed by atoms with Crippen LogP contribution in [0.4, 0.5) is 0 Å². The van der Waals surface area contributed by atoms with E-state index in [-0.39, 0.29) is 11.9 Å². The third-order valence-electron chi connectivity index (χ3n) is 2.82. The number of likely N-dealkylation sites (N-methyl/N-ethyl adjacent to an activating group) is 1. The third kappa shape index (κ3) is 4.65. The second-order valence-corrected chi connectivity index (χ2v) is 5.15. The summed E-state index contributed by atoms with van der Waals surface area (Å²) in [5.41, 5.74) is 0. The molecule has 0 aliphatic carbocycles. The summed E-state index contributed by atoms with van der Waals surface area (Å²) in [4.78, 5) is 13.6. The molecule has 0 saturated carbocycles. The molecule has 3 heteroatoms. The number of hydrogen-bond acceptors (Lipinski definition) is 2. The van der Waals surface area contributed by atoms with Crippen molar-refractivity contribution in [1.29, 1.82) is 0 Å². The van der Waals surface area contributed by atoms with E-state index in [9.17, 15) is 4.79 Å². The van der Waals surface area contributed by atoms with E-state index in [4.69, 9.17) is 0 Å². The van der Waals surface area contributed by atoms with E-state index in [1.165, 1.54) is 0 Å². The molecule has 1 N–H and O–H groups in total. The summed E-state index contributed by atoms with van der Waals surface area (Å²) in [6.45, 7) is 10.6. The van der Waals surface area contributed by atoms with E-state index in [0.29, 0.717) is 17.9 Å². The van der Waals surface area contributed by atoms with Gasteiger partial charge in [-0.15, -0.1) is 0 Å². The minimum Gasteiger partial charge on any atom is -0.347 e. The zero-order valence-electron chi connectivity index (χ0n) is 11.2. The van der Waals surface area contributed by atoms with Crippen LogP contribution in [0.25, 0.3) is 0 Å². The van der Waals surface area contributed by atoms with Crippen molar-refractivity contribution in [3.8, 4) is 0 Å². The van der Waals surface area contributed by atoms with Gasteiger partial charge in [0.15, 0.2) is 0 Å². The van der Waals surface area contributed by atoms with Crippen LogP contribution in [0, 0.1) is 11.8 Å². The van der Waals surface area contributed by atoms with E-state index < -0.39 is 0 Å². The molecule has 0 fully saturated rings. The average Bonchev–Trinajstić information content (AvgIpc) is 2.11. The molecule has 0 saturated heterocycles. The van der Waals surface area contributed by atoms with Crippen molar-refractivity contribution in [1.82, 2.24) is 10.2 Å². The van der Waals surface area contributed by atoms with Gasteiger partial charge in [0.05, 0.1) is 6.04 Å². The Morgan fingerprint density at radius 2 is 1.47 bits per heavy atom. The van der Waals surface area contributed by atoms with E-state index in [2.05, 4.69) is 39.9 Å². The lowest BCUT2D eigenvalue weighted by atomic mass is 9.99. The number of carbonyl (C=O) groups excluding carboxylic acids is 1. The summed E-state index contributed by atoms with van der Waals surface area (Å²) in [5.74, 6) is 1.03. The van der Waals surface area contributed by atoms with E-state index in [1.54, 1.807) is 19.0 Å². The van der Waals surface area contributed by atoms with Crippen molar-refractivity contribution in [2.24, 2.45) is 11.8 Å². The Kier molecular flexibility index (Phi) is 5.88. The van der Waals surface area contributed by atoms with Crippen LogP contribution in [0.2, 0.25) is 0 Å². The maximum Gasteiger partial charge on any atom is 0.239 e. The molecule has 1 amide bonds. The van der Waals surface area contributed by atoms with Gasteiger partial charge in [-0.25, -0.2) is 0 Å². The largest absolute Gasteiger partial charge is 0.347 e. The molecule has 0 aliphatic rings. The van der Waals surface area contributed by atoms with E-state index in [0.717, 1.165) is 0 Å². The summed E-state index contributed by atoms with van der Waals surface area (Å²) in [6, 6.07) is 0.290. The first-order chi connectivity index (χ1) is 6.77. The number of hydrogen-bond donors (Lipinski definition) is 1. The zero-order chi connectivity index (χ0) is 12.2. The SMILES string of the molecule is CC(C)C(C)NC(C(=O)N(C)C)C(C)C. The number of rotatable bonds is 5. The summed E-state index contributed by atoms with van der Waals surface area (Å²) >= 11 is 0. The van der Waals surface area contributed by atoms with Gasteiger partial charge in [0, 0.05) is 20.1 Å². The smallest absolute Gasteiger partial charge is 0.239 e. The summed E-state index contributed by atoms with van der Waals surface area (Å²) in [5, 5.41) is 3.41. The van der Waals surface area contributed by atoms with Crippen molar-refractivity contribution in [2.45, 2.75) is 46.7 Å². The molecule has 15 heavy (non-hydrogen) atoms. The van der Waals surface area contributed by atoms with Crippen molar-refractivity contribution in [3.63, 3.8) is 0 Å². The standard InChI is InChI=1S/C12H26N2O/c1-8(2)10(5)13-11(9(3)4)12(15)14(6)7/h8-11,13H,1-7H3. The van der Waals surface area contributed by atoms with Crippen LogP contribution in [0.1, 0.15) is 34.6 Å². The van der Waals surface area contributed by atoms with Gasteiger partial charge < -0.3 is 10.2 Å². The van der Waals surface area contributed by atoms with Gasteiger partial charge in [0.1, 0.15) is 0 Å². The van der Waals surface area contributed by atoms with Gasteiger partial charge >= 0.3 is 0 Å². The average molecular weight is 214 g/mol. The first-order valence-corrected chi connectivity index (χ1v) is 5.74. The monoisotopic (exact) mass is 214 g/mol. The highest BCUT2D eigenvalue weighted by Crippen LogP contribution is 2.09. The van der Waals surface area contributed by atoms with Crippen LogP contribution in [0.3, 0.4) is 0 Å². The highest BCUT2D eigenvalue weighted by molar-refractivity contribution is 5.81. The maximum atomic E-state index is 11.9. The molecule has 0 heterocycles. The normalized spacial score (nSPS) is 15.5. The predicted molar refractivity (Wildman–Crippen MR) is 64.8 cm³/mol. The van der Waals surface area contributed by atoms with Crippen LogP contribution >= 0.6 is 0 Å². The lowest BCUT2D eigenvalue weighted by molar-refractivity contribution is -0.132. The lowest BCUT2D eigenvalue weighted by Gasteiger charge is -2.29. The topological polar surface area (TPSA) is 32.3 Å². The zero-order valence-corrected chi connectivity index (χ0v) is 11.2. The van der Waals surface area contributed by atoms with Gasteiger partial charge in [-0.05, 0) is 18.8 Å². The highest BCUT2D eigenvalue weighted by Gasteiger charge is 2.25. The highest BCUT2D eigenvalue weighted by atomic mass is 16.2. The summed E-state index contributed by atoms with van der Waals surface area (Å²) in [7, 11) is 3.61. The fraction of sp³-hybridized carbons (Fsp3) is 0.917. The molecule has 0 bridgehead atoms. The Bertz CT molecular complexity index is 200. The predicted octanol–water partition coefficient (Wildman–Crippen LogP) is 1.73. The Morgan fingerprint density at radius 3 is 1.73 bits per heavy atom. The number of nitrogens with zero attached hydrogens (tertiary/aromatic N) is 1. The quantitative estimate of drug-likeness (QED) is 0.756. The number of nitrogens with one attached hydrogen (secondary N) is 1. The first-order valence-electron chi connectivity index (χ1n) is 5.74. The Hall–Kier alpha value is -0.570. The van der Waals surface area contributed by atoms with Gasteiger partial charge in [0.2, 0.25) is 5.91 Å². The summed E-state index contributed by atoms with van der Waals surface area (Å²) < 4.78 is 0. The van der Waals surface area contributed by atoms with Crippen LogP contribution in [-0.2, 0) is 4.79 Å². The molecule has 0 radical (unpaired) electrons. The van der Waals surface area contributed by atoms with Gasteiger partial charge in [-0.2, -0.15) is 0 Å². The van der Waals surface area contributed by atoms with Crippen LogP contribution in [0.15, 0.2) is 0 Å². The van der Waals surface area contributed by atoms with Crippen molar-refractivity contribution in [3.05, 3.63) is 0 Å². The minimum atomic E-state index is -0.0719. The number of amides is 1. The van der Waals surface area contributed by atoms with Crippen LogP contribution < -0.4 is 5.32 Å². The molecular formula is C12H26N2O. The molecule has 0 spiro atoms. The molecule has 90 valence electrons. The van der Waals surface area contributed by atoms with Crippen molar-refractivity contribution in [2.75, 3.05) is 14.1 Å². The fourth-order valence-corrected chi connectivity index (χ4v) is 1.30. The van der Waals surface area contributed by atoms with Crippen molar-refractivity contribution < 1.29 is 4.79 Å². The summed E-state index contributed by atoms with van der Waals surface area (Å²) in [6.07, 6.45) is 0. The van der Waals surface area contributed by atoms with Gasteiger partial charge in [-0.3, -0.25) is 4.79 Å². The molecule has 3 nitrogen and oxygen atoms in total. The second-order valence-electron chi connectivity index (χ2n) is 5.15. The number of carbonyl (C=O) groups is 1. The van der Waals surface area contributed by atoms with Crippen molar-refractivity contribution >= 4 is 5.91 Å². The Labute approximate surface area is 94.2 Å². The maximum absolute atomic E-state index is 11.9. The fourth-order valence-electron chi connectivity index (χ4n) is 1.30. The van der Waals surface area contributed by atoms with Gasteiger partial charge in [0.25, 0.3) is 0 Å². The molecule has 2 unspecified atom stereocenters. The molecule has 2 atom stereocenters. The van der Waals surface area contributed by atoms with Crippen LogP contribution in [-0.4, -0.2) is 37.0 Å². The molecule has 0 aliphatic heterocycles. The second kappa shape index (κ2) is 6.11. The van der Waals surface area contributed by atoms with E-state index >= 15 is 0 Å². The Balaban J connectivity index is 4.48. The van der Waals surface area contributed by atoms with E-state index in [1.807, 2.05) is 0 Å². The lowest BCUT2D eigenvalue weighted by Crippen LogP contribution is -2.51. The molecule has 0 rings (SSSR count). The minimum absolute atomic E-state index is 0.0719. The molecule has 0 aromatic rings. The first kappa shape index (κ1) is 14.4. The Morgan fingerprint density at radius 1 is 1.00 bits per heavy atom.